The number of nitrogens with one attached hydrogen (secondary N) is 2. The van der Waals surface area contributed by atoms with Crippen LogP contribution in [-0.2, 0) is 0 Å². The lowest BCUT2D eigenvalue weighted by Gasteiger charge is -2.29. The van der Waals surface area contributed by atoms with Gasteiger partial charge in [-0.25, -0.2) is 0 Å². The molecule has 1 aromatic carbocycles. The Morgan fingerprint density at radius 2 is 2.18 bits per heavy atom. The molecule has 1 aliphatic heterocycles. The van der Waals surface area contributed by atoms with E-state index < -0.39 is 0 Å². The Bertz CT molecular complexity index is 367. The summed E-state index contributed by atoms with van der Waals surface area (Å²) in [5.74, 6) is 0. The molecule has 3 heteroatoms. The van der Waals surface area contributed by atoms with Crippen LogP contribution in [0.4, 0.5) is 5.69 Å². The molecule has 2 N–H and O–H groups in total. The van der Waals surface area contributed by atoms with Crippen LogP contribution in [0.1, 0.15) is 5.56 Å². The number of likely N-dealkylation sites (N-methyl/N-ethyl adjacent to an activating group) is 1. The molecule has 1 aliphatic rings. The van der Waals surface area contributed by atoms with E-state index in [0.717, 1.165) is 32.7 Å². The van der Waals surface area contributed by atoms with Crippen LogP contribution in [0.15, 0.2) is 30.3 Å². The Morgan fingerprint density at radius 1 is 1.35 bits per heavy atom. The van der Waals surface area contributed by atoms with Gasteiger partial charge < -0.3 is 15.5 Å². The van der Waals surface area contributed by atoms with Crippen LogP contribution < -0.4 is 15.5 Å². The van der Waals surface area contributed by atoms with E-state index in [2.05, 4.69) is 52.0 Å². The van der Waals surface area contributed by atoms with Crippen molar-refractivity contribution in [2.45, 2.75) is 0 Å². The Hall–Kier alpha value is -1.32. The lowest BCUT2D eigenvalue weighted by atomic mass is 10.1. The molecule has 1 aromatic rings. The fraction of sp³-hybridized carbons (Fsp3) is 0.429. The quantitative estimate of drug-likeness (QED) is 0.818. The maximum atomic E-state index is 3.38. The van der Waals surface area contributed by atoms with Crippen LogP contribution >= 0.6 is 0 Å². The summed E-state index contributed by atoms with van der Waals surface area (Å²) in [6.45, 7) is 5.28. The van der Waals surface area contributed by atoms with E-state index in [1.807, 2.05) is 7.05 Å². The molecular weight excluding hydrogens is 210 g/mol. The summed E-state index contributed by atoms with van der Waals surface area (Å²) in [5, 5.41) is 6.49. The van der Waals surface area contributed by atoms with Crippen molar-refractivity contribution < 1.29 is 0 Å². The van der Waals surface area contributed by atoms with E-state index in [4.69, 9.17) is 0 Å². The van der Waals surface area contributed by atoms with E-state index in [1.165, 1.54) is 11.3 Å². The lowest BCUT2D eigenvalue weighted by molar-refractivity contribution is 0.589. The topological polar surface area (TPSA) is 27.3 Å². The number of anilines is 1. The number of hydrogen-bond acceptors (Lipinski definition) is 3. The maximum Gasteiger partial charge on any atom is 0.0373 e. The fourth-order valence-electron chi connectivity index (χ4n) is 2.06. The third-order valence-electron chi connectivity index (χ3n) is 2.98. The van der Waals surface area contributed by atoms with Gasteiger partial charge in [-0.05, 0) is 24.7 Å². The average molecular weight is 231 g/mol. The van der Waals surface area contributed by atoms with Crippen molar-refractivity contribution in [3.05, 3.63) is 35.9 Å². The van der Waals surface area contributed by atoms with Crippen LogP contribution in [0.5, 0.6) is 0 Å². The smallest absolute Gasteiger partial charge is 0.0373 e. The van der Waals surface area contributed by atoms with E-state index in [-0.39, 0.29) is 0 Å². The first-order valence-corrected chi connectivity index (χ1v) is 6.27. The van der Waals surface area contributed by atoms with Crippen molar-refractivity contribution in [3.63, 3.8) is 0 Å². The standard InChI is InChI=1S/C14H21N3/c1-15-7-3-5-13-4-2-6-14(12-13)17-10-8-16-9-11-17/h2-6,12,15-16H,7-11H2,1H3. The molecule has 0 aliphatic carbocycles. The van der Waals surface area contributed by atoms with Crippen molar-refractivity contribution in [3.8, 4) is 0 Å². The van der Waals surface area contributed by atoms with Gasteiger partial charge in [-0.3, -0.25) is 0 Å². The average Bonchev–Trinajstić information content (AvgIpc) is 2.41. The molecule has 0 spiro atoms. The molecular formula is C14H21N3. The van der Waals surface area contributed by atoms with Crippen molar-refractivity contribution in [1.82, 2.24) is 10.6 Å². The Kier molecular flexibility index (Phi) is 4.59. The second kappa shape index (κ2) is 6.42. The number of nitrogens with zero attached hydrogens (tertiary/aromatic N) is 1. The highest BCUT2D eigenvalue weighted by molar-refractivity contribution is 5.58. The molecule has 92 valence electrons. The molecule has 0 saturated carbocycles. The SMILES string of the molecule is CNCC=Cc1cccc(N2CCNCC2)c1. The van der Waals surface area contributed by atoms with Crippen LogP contribution in [-0.4, -0.2) is 39.8 Å². The largest absolute Gasteiger partial charge is 0.369 e. The lowest BCUT2D eigenvalue weighted by Crippen LogP contribution is -2.43. The maximum absolute atomic E-state index is 3.38. The first-order valence-electron chi connectivity index (χ1n) is 6.27. The van der Waals surface area contributed by atoms with E-state index in [9.17, 15) is 0 Å². The number of benzene rings is 1. The minimum Gasteiger partial charge on any atom is -0.369 e. The van der Waals surface area contributed by atoms with Crippen LogP contribution in [0.3, 0.4) is 0 Å². The zero-order chi connectivity index (χ0) is 11.9. The summed E-state index contributed by atoms with van der Waals surface area (Å²) in [5.41, 5.74) is 2.61. The van der Waals surface area contributed by atoms with Crippen molar-refractivity contribution in [2.24, 2.45) is 0 Å². The van der Waals surface area contributed by atoms with Gasteiger partial charge in [0.25, 0.3) is 0 Å². The zero-order valence-corrected chi connectivity index (χ0v) is 10.4. The summed E-state index contributed by atoms with van der Waals surface area (Å²) in [6.07, 6.45) is 4.32. The molecule has 1 saturated heterocycles. The van der Waals surface area contributed by atoms with Crippen LogP contribution in [0, 0.1) is 0 Å². The first-order chi connectivity index (χ1) is 8.40. The van der Waals surface area contributed by atoms with Crippen LogP contribution in [0.25, 0.3) is 6.08 Å². The molecule has 17 heavy (non-hydrogen) atoms. The Balaban J connectivity index is 2.05. The van der Waals surface area contributed by atoms with E-state index in [1.54, 1.807) is 0 Å². The molecule has 0 atom stereocenters. The highest BCUT2D eigenvalue weighted by atomic mass is 15.2. The van der Waals surface area contributed by atoms with Gasteiger partial charge in [-0.2, -0.15) is 0 Å². The molecule has 1 fully saturated rings. The Labute approximate surface area is 104 Å². The summed E-state index contributed by atoms with van der Waals surface area (Å²) < 4.78 is 0. The van der Waals surface area contributed by atoms with Gasteiger partial charge in [0.15, 0.2) is 0 Å². The third-order valence-corrected chi connectivity index (χ3v) is 2.98. The molecule has 0 aromatic heterocycles. The van der Waals surface area contributed by atoms with Gasteiger partial charge in [-0.15, -0.1) is 0 Å². The molecule has 0 unspecified atom stereocenters. The van der Waals surface area contributed by atoms with Gasteiger partial charge in [0.2, 0.25) is 0 Å². The summed E-state index contributed by atoms with van der Waals surface area (Å²) >= 11 is 0. The second-order valence-electron chi connectivity index (χ2n) is 4.29. The third kappa shape index (κ3) is 3.58. The highest BCUT2D eigenvalue weighted by Gasteiger charge is 2.09. The predicted octanol–water partition coefficient (Wildman–Crippen LogP) is 1.33. The van der Waals surface area contributed by atoms with E-state index >= 15 is 0 Å². The Morgan fingerprint density at radius 3 is 2.94 bits per heavy atom. The van der Waals surface area contributed by atoms with Crippen molar-refractivity contribution in [1.29, 1.82) is 0 Å². The fourth-order valence-corrected chi connectivity index (χ4v) is 2.06. The van der Waals surface area contributed by atoms with Gasteiger partial charge in [-0.1, -0.05) is 24.3 Å². The van der Waals surface area contributed by atoms with E-state index in [0.29, 0.717) is 0 Å². The number of hydrogen-bond donors (Lipinski definition) is 2. The molecule has 2 rings (SSSR count). The second-order valence-corrected chi connectivity index (χ2v) is 4.29. The number of rotatable bonds is 4. The number of piperazine rings is 1. The summed E-state index contributed by atoms with van der Waals surface area (Å²) in [4.78, 5) is 2.44. The first kappa shape index (κ1) is 12.1. The van der Waals surface area contributed by atoms with Crippen LogP contribution in [0.2, 0.25) is 0 Å². The normalized spacial score (nSPS) is 16.6. The zero-order valence-electron chi connectivity index (χ0n) is 10.4. The van der Waals surface area contributed by atoms with Gasteiger partial charge in [0.1, 0.15) is 0 Å². The summed E-state index contributed by atoms with van der Waals surface area (Å²) in [6, 6.07) is 8.74. The predicted molar refractivity (Wildman–Crippen MR) is 74.5 cm³/mol. The van der Waals surface area contributed by atoms with Crippen molar-refractivity contribution >= 4 is 11.8 Å². The van der Waals surface area contributed by atoms with Crippen molar-refractivity contribution in [2.75, 3.05) is 44.7 Å². The highest BCUT2D eigenvalue weighted by Crippen LogP contribution is 2.17. The molecule has 1 heterocycles. The van der Waals surface area contributed by atoms with Gasteiger partial charge in [0, 0.05) is 38.4 Å². The monoisotopic (exact) mass is 231 g/mol. The molecule has 3 nitrogen and oxygen atoms in total. The molecule has 0 amide bonds. The molecule has 0 bridgehead atoms. The van der Waals surface area contributed by atoms with Gasteiger partial charge in [0.05, 0.1) is 0 Å². The van der Waals surface area contributed by atoms with Gasteiger partial charge >= 0.3 is 0 Å². The molecule has 0 radical (unpaired) electrons. The minimum atomic E-state index is 0.915. The minimum absolute atomic E-state index is 0.915. The summed E-state index contributed by atoms with van der Waals surface area (Å²) in [7, 11) is 1.96.